The summed E-state index contributed by atoms with van der Waals surface area (Å²) in [4.78, 5) is 13.3. The van der Waals surface area contributed by atoms with Crippen molar-refractivity contribution in [3.8, 4) is 0 Å². The number of aryl methyl sites for hydroxylation is 2. The van der Waals surface area contributed by atoms with Gasteiger partial charge in [0.25, 0.3) is 0 Å². The molecule has 16 heavy (non-hydrogen) atoms. The van der Waals surface area contributed by atoms with E-state index in [4.69, 9.17) is 4.42 Å². The molecule has 0 spiro atoms. The van der Waals surface area contributed by atoms with Gasteiger partial charge in [-0.3, -0.25) is 4.79 Å². The van der Waals surface area contributed by atoms with Crippen molar-refractivity contribution in [1.29, 1.82) is 0 Å². The van der Waals surface area contributed by atoms with Crippen LogP contribution >= 0.6 is 27.3 Å². The summed E-state index contributed by atoms with van der Waals surface area (Å²) >= 11 is 4.97. The molecule has 84 valence electrons. The fourth-order valence-electron chi connectivity index (χ4n) is 1.63. The summed E-state index contributed by atoms with van der Waals surface area (Å²) in [7, 11) is 0. The van der Waals surface area contributed by atoms with Crippen LogP contribution in [0.1, 0.15) is 33.5 Å². The van der Waals surface area contributed by atoms with Gasteiger partial charge in [-0.1, -0.05) is 6.92 Å². The van der Waals surface area contributed by atoms with Gasteiger partial charge in [0.05, 0.1) is 15.6 Å². The van der Waals surface area contributed by atoms with Crippen molar-refractivity contribution in [2.24, 2.45) is 0 Å². The molecule has 0 aliphatic rings. The Kier molecular flexibility index (Phi) is 3.30. The Morgan fingerprint density at radius 2 is 2.25 bits per heavy atom. The minimum Gasteiger partial charge on any atom is -0.469 e. The highest BCUT2D eigenvalue weighted by Crippen LogP contribution is 2.29. The third-order valence-electron chi connectivity index (χ3n) is 2.44. The zero-order chi connectivity index (χ0) is 11.7. The summed E-state index contributed by atoms with van der Waals surface area (Å²) in [6.07, 6.45) is 2.31. The molecule has 0 unspecified atom stereocenters. The van der Waals surface area contributed by atoms with E-state index in [1.807, 2.05) is 19.9 Å². The lowest BCUT2D eigenvalue weighted by Crippen LogP contribution is -2.02. The second-order valence-electron chi connectivity index (χ2n) is 3.46. The van der Waals surface area contributed by atoms with Crippen LogP contribution in [-0.4, -0.2) is 5.78 Å². The first kappa shape index (κ1) is 11.6. The van der Waals surface area contributed by atoms with Crippen molar-refractivity contribution in [1.82, 2.24) is 0 Å². The third kappa shape index (κ3) is 1.99. The Bertz CT molecular complexity index is 525. The van der Waals surface area contributed by atoms with E-state index in [2.05, 4.69) is 15.9 Å². The highest BCUT2D eigenvalue weighted by Gasteiger charge is 2.18. The highest BCUT2D eigenvalue weighted by atomic mass is 79.9. The van der Waals surface area contributed by atoms with Crippen molar-refractivity contribution in [3.05, 3.63) is 43.9 Å². The lowest BCUT2D eigenvalue weighted by Gasteiger charge is -1.99. The van der Waals surface area contributed by atoms with Gasteiger partial charge < -0.3 is 4.42 Å². The fraction of sp³-hybridized carbons (Fsp3) is 0.250. The Morgan fingerprint density at radius 1 is 1.50 bits per heavy atom. The molecule has 2 aromatic heterocycles. The molecule has 0 aromatic carbocycles. The number of thiophene rings is 1. The second kappa shape index (κ2) is 4.55. The summed E-state index contributed by atoms with van der Waals surface area (Å²) < 4.78 is 6.26. The quantitative estimate of drug-likeness (QED) is 0.795. The number of furan rings is 1. The molecule has 0 atom stereocenters. The van der Waals surface area contributed by atoms with Crippen LogP contribution in [0, 0.1) is 6.92 Å². The summed E-state index contributed by atoms with van der Waals surface area (Å²) in [6.45, 7) is 3.93. The standard InChI is InChI=1S/C12H11BrO2S/c1-3-10-8(4-5-15-10)12(14)9-6-11(13)16-7(9)2/h4-6H,3H2,1-2H3. The minimum atomic E-state index is 0.0463. The largest absolute Gasteiger partial charge is 0.469 e. The number of hydrogen-bond donors (Lipinski definition) is 0. The number of hydrogen-bond acceptors (Lipinski definition) is 3. The van der Waals surface area contributed by atoms with Crippen molar-refractivity contribution in [2.45, 2.75) is 20.3 Å². The molecule has 0 aliphatic carbocycles. The van der Waals surface area contributed by atoms with Gasteiger partial charge in [-0.2, -0.15) is 0 Å². The number of halogens is 1. The average Bonchev–Trinajstić information content (AvgIpc) is 2.83. The summed E-state index contributed by atoms with van der Waals surface area (Å²) in [6, 6.07) is 3.61. The summed E-state index contributed by atoms with van der Waals surface area (Å²) in [5.41, 5.74) is 1.43. The van der Waals surface area contributed by atoms with Crippen molar-refractivity contribution < 1.29 is 9.21 Å². The molecule has 2 rings (SSSR count). The SMILES string of the molecule is CCc1occc1C(=O)c1cc(Br)sc1C. The number of carbonyl (C=O) groups is 1. The van der Waals surface area contributed by atoms with Crippen molar-refractivity contribution >= 4 is 33.0 Å². The van der Waals surface area contributed by atoms with Crippen LogP contribution in [-0.2, 0) is 6.42 Å². The molecule has 0 saturated heterocycles. The highest BCUT2D eigenvalue weighted by molar-refractivity contribution is 9.11. The van der Waals surface area contributed by atoms with Gasteiger partial charge in [0.2, 0.25) is 0 Å². The molecule has 4 heteroatoms. The van der Waals surface area contributed by atoms with Crippen molar-refractivity contribution in [2.75, 3.05) is 0 Å². The molecule has 0 aliphatic heterocycles. The number of ketones is 1. The maximum Gasteiger partial charge on any atom is 0.197 e. The number of carbonyl (C=O) groups excluding carboxylic acids is 1. The van der Waals surface area contributed by atoms with Crippen molar-refractivity contribution in [3.63, 3.8) is 0 Å². The minimum absolute atomic E-state index is 0.0463. The molecular weight excluding hydrogens is 288 g/mol. The van der Waals surface area contributed by atoms with Gasteiger partial charge in [0, 0.05) is 16.9 Å². The van der Waals surface area contributed by atoms with E-state index >= 15 is 0 Å². The van der Waals surface area contributed by atoms with Gasteiger partial charge in [-0.25, -0.2) is 0 Å². The first-order chi connectivity index (χ1) is 7.63. The molecule has 0 fully saturated rings. The normalized spacial score (nSPS) is 10.7. The molecule has 0 amide bonds. The Balaban J connectivity index is 2.43. The maximum atomic E-state index is 12.2. The van der Waals surface area contributed by atoms with E-state index in [0.717, 1.165) is 26.4 Å². The van der Waals surface area contributed by atoms with E-state index in [0.29, 0.717) is 5.56 Å². The maximum absolute atomic E-state index is 12.2. The molecule has 2 nitrogen and oxygen atoms in total. The van der Waals surface area contributed by atoms with Crippen LogP contribution in [0.2, 0.25) is 0 Å². The van der Waals surface area contributed by atoms with E-state index in [-0.39, 0.29) is 5.78 Å². The van der Waals surface area contributed by atoms with E-state index in [9.17, 15) is 4.79 Å². The number of rotatable bonds is 3. The molecule has 0 N–H and O–H groups in total. The Labute approximate surface area is 106 Å². The Hall–Kier alpha value is -0.870. The summed E-state index contributed by atoms with van der Waals surface area (Å²) in [5.74, 6) is 0.803. The zero-order valence-corrected chi connectivity index (χ0v) is 11.4. The van der Waals surface area contributed by atoms with Gasteiger partial charge in [0.1, 0.15) is 5.76 Å². The Morgan fingerprint density at radius 3 is 2.81 bits per heavy atom. The molecule has 0 radical (unpaired) electrons. The predicted octanol–water partition coefficient (Wildman–Crippen LogP) is 4.21. The molecule has 0 saturated carbocycles. The van der Waals surface area contributed by atoms with E-state index in [1.54, 1.807) is 23.7 Å². The third-order valence-corrected chi connectivity index (χ3v) is 4.00. The van der Waals surface area contributed by atoms with Gasteiger partial charge in [-0.15, -0.1) is 11.3 Å². The van der Waals surface area contributed by atoms with Crippen LogP contribution in [0.5, 0.6) is 0 Å². The van der Waals surface area contributed by atoms with Crippen LogP contribution in [0.3, 0.4) is 0 Å². The smallest absolute Gasteiger partial charge is 0.197 e. The first-order valence-electron chi connectivity index (χ1n) is 5.00. The molecule has 0 bridgehead atoms. The summed E-state index contributed by atoms with van der Waals surface area (Å²) in [5, 5.41) is 0. The first-order valence-corrected chi connectivity index (χ1v) is 6.61. The average molecular weight is 299 g/mol. The molecule has 2 aromatic rings. The van der Waals surface area contributed by atoms with Gasteiger partial charge in [0.15, 0.2) is 5.78 Å². The van der Waals surface area contributed by atoms with Crippen LogP contribution < -0.4 is 0 Å². The van der Waals surface area contributed by atoms with Crippen LogP contribution in [0.25, 0.3) is 0 Å². The monoisotopic (exact) mass is 298 g/mol. The molecular formula is C12H11BrO2S. The second-order valence-corrected chi connectivity index (χ2v) is 6.10. The van der Waals surface area contributed by atoms with Crippen LogP contribution in [0.15, 0.2) is 26.6 Å². The van der Waals surface area contributed by atoms with E-state index in [1.165, 1.54) is 0 Å². The van der Waals surface area contributed by atoms with Gasteiger partial charge in [-0.05, 0) is 35.0 Å². The van der Waals surface area contributed by atoms with E-state index < -0.39 is 0 Å². The lowest BCUT2D eigenvalue weighted by molar-refractivity contribution is 0.103. The lowest BCUT2D eigenvalue weighted by atomic mass is 10.0. The van der Waals surface area contributed by atoms with Gasteiger partial charge >= 0.3 is 0 Å². The topological polar surface area (TPSA) is 30.2 Å². The van der Waals surface area contributed by atoms with Crippen LogP contribution in [0.4, 0.5) is 0 Å². The predicted molar refractivity (Wildman–Crippen MR) is 68.3 cm³/mol. The fourth-order valence-corrected chi connectivity index (χ4v) is 3.32. The zero-order valence-electron chi connectivity index (χ0n) is 9.04. The molecule has 2 heterocycles.